The molecule has 0 bridgehead atoms. The van der Waals surface area contributed by atoms with Crippen LogP contribution in [0.4, 0.5) is 5.69 Å². The number of carbonyl (C=O) groups excluding carboxylic acids is 1. The molecule has 5 nitrogen and oxygen atoms in total. The van der Waals surface area contributed by atoms with Gasteiger partial charge in [-0.1, -0.05) is 28.4 Å². The molecule has 1 aromatic heterocycles. The van der Waals surface area contributed by atoms with E-state index in [0.29, 0.717) is 22.4 Å². The van der Waals surface area contributed by atoms with E-state index in [-0.39, 0.29) is 11.9 Å². The Kier molecular flexibility index (Phi) is 4.61. The van der Waals surface area contributed by atoms with Gasteiger partial charge in [-0.05, 0) is 50.3 Å². The molecule has 4 rings (SSSR count). The Hall–Kier alpha value is -1.72. The van der Waals surface area contributed by atoms with Crippen LogP contribution in [0, 0.1) is 0 Å². The van der Waals surface area contributed by atoms with Gasteiger partial charge in [0.15, 0.2) is 0 Å². The number of carbonyl (C=O) groups is 1. The van der Waals surface area contributed by atoms with Gasteiger partial charge in [-0.15, -0.1) is 0 Å². The zero-order valence-corrected chi connectivity index (χ0v) is 15.2. The summed E-state index contributed by atoms with van der Waals surface area (Å²) in [6, 6.07) is 5.55. The number of fused-ring (bicyclic) bond motifs is 1. The van der Waals surface area contributed by atoms with Gasteiger partial charge >= 0.3 is 0 Å². The third-order valence-corrected chi connectivity index (χ3v) is 5.48. The molecule has 2 aromatic rings. The largest absolute Gasteiger partial charge is 0.368 e. The standard InChI is InChI=1S/C18H19Cl2N3O2/c19-11-5-6-16(14(20)9-11)23-8-7-12(10-23)21-18(24)17-13-3-1-2-4-15(13)22-25-17/h5-6,9,12H,1-4,7-8,10H2,(H,21,24). The lowest BCUT2D eigenvalue weighted by molar-refractivity contribution is 0.0902. The SMILES string of the molecule is O=C(NC1CCN(c2ccc(Cl)cc2Cl)C1)c1onc2c1CCCC2. The van der Waals surface area contributed by atoms with E-state index in [0.717, 1.165) is 55.6 Å². The fourth-order valence-electron chi connectivity index (χ4n) is 3.65. The Morgan fingerprint density at radius 1 is 1.28 bits per heavy atom. The number of nitrogens with one attached hydrogen (secondary N) is 1. The van der Waals surface area contributed by atoms with Gasteiger partial charge in [0.2, 0.25) is 5.76 Å². The highest BCUT2D eigenvalue weighted by molar-refractivity contribution is 6.36. The van der Waals surface area contributed by atoms with Gasteiger partial charge < -0.3 is 14.7 Å². The molecular weight excluding hydrogens is 361 g/mol. The number of aromatic nitrogens is 1. The quantitative estimate of drug-likeness (QED) is 0.878. The molecule has 1 atom stereocenters. The lowest BCUT2D eigenvalue weighted by Gasteiger charge is -2.20. The average molecular weight is 380 g/mol. The van der Waals surface area contributed by atoms with Gasteiger partial charge in [-0.3, -0.25) is 4.79 Å². The first kappa shape index (κ1) is 16.7. The fraction of sp³-hybridized carbons (Fsp3) is 0.444. The number of aryl methyl sites for hydroxylation is 1. The molecule has 1 unspecified atom stereocenters. The van der Waals surface area contributed by atoms with Gasteiger partial charge in [-0.25, -0.2) is 0 Å². The summed E-state index contributed by atoms with van der Waals surface area (Å²) in [4.78, 5) is 14.7. The third kappa shape index (κ3) is 3.35. The van der Waals surface area contributed by atoms with Crippen molar-refractivity contribution in [1.29, 1.82) is 0 Å². The number of benzene rings is 1. The van der Waals surface area contributed by atoms with Crippen LogP contribution in [0.5, 0.6) is 0 Å². The van der Waals surface area contributed by atoms with Crippen molar-refractivity contribution in [3.05, 3.63) is 45.3 Å². The van der Waals surface area contributed by atoms with Gasteiger partial charge in [-0.2, -0.15) is 0 Å². The molecule has 1 aliphatic carbocycles. The van der Waals surface area contributed by atoms with Crippen molar-refractivity contribution in [2.24, 2.45) is 0 Å². The lowest BCUT2D eigenvalue weighted by atomic mass is 9.96. The van der Waals surface area contributed by atoms with Crippen LogP contribution in [0.2, 0.25) is 10.0 Å². The number of anilines is 1. The second-order valence-electron chi connectivity index (χ2n) is 6.64. The molecule has 1 N–H and O–H groups in total. The van der Waals surface area contributed by atoms with Crippen molar-refractivity contribution in [3.63, 3.8) is 0 Å². The highest BCUT2D eigenvalue weighted by atomic mass is 35.5. The molecule has 132 valence electrons. The van der Waals surface area contributed by atoms with E-state index in [9.17, 15) is 4.79 Å². The maximum absolute atomic E-state index is 12.6. The summed E-state index contributed by atoms with van der Waals surface area (Å²) in [5, 5.41) is 8.38. The molecule has 1 aliphatic heterocycles. The molecule has 2 heterocycles. The van der Waals surface area contributed by atoms with Gasteiger partial charge in [0, 0.05) is 29.7 Å². The number of rotatable bonds is 3. The first-order valence-electron chi connectivity index (χ1n) is 8.60. The van der Waals surface area contributed by atoms with Crippen molar-refractivity contribution >= 4 is 34.8 Å². The molecular formula is C18H19Cl2N3O2. The number of nitrogens with zero attached hydrogens (tertiary/aromatic N) is 2. The maximum Gasteiger partial charge on any atom is 0.290 e. The molecule has 7 heteroatoms. The molecule has 1 amide bonds. The topological polar surface area (TPSA) is 58.4 Å². The Morgan fingerprint density at radius 2 is 2.12 bits per heavy atom. The fourth-order valence-corrected chi connectivity index (χ4v) is 4.18. The minimum absolute atomic E-state index is 0.0589. The molecule has 0 radical (unpaired) electrons. The van der Waals surface area contributed by atoms with Crippen molar-refractivity contribution in [1.82, 2.24) is 10.5 Å². The van der Waals surface area contributed by atoms with E-state index in [1.807, 2.05) is 12.1 Å². The normalized spacial score (nSPS) is 19.8. The van der Waals surface area contributed by atoms with Crippen LogP contribution in [0.3, 0.4) is 0 Å². The van der Waals surface area contributed by atoms with E-state index in [4.69, 9.17) is 27.7 Å². The summed E-state index contributed by atoms with van der Waals surface area (Å²) in [5.41, 5.74) is 2.87. The first-order valence-corrected chi connectivity index (χ1v) is 9.35. The second-order valence-corrected chi connectivity index (χ2v) is 7.49. The van der Waals surface area contributed by atoms with Crippen LogP contribution in [0.15, 0.2) is 22.7 Å². The Labute approximate surface area is 156 Å². The summed E-state index contributed by atoms with van der Waals surface area (Å²) in [6.07, 6.45) is 4.83. The van der Waals surface area contributed by atoms with E-state index in [1.54, 1.807) is 6.07 Å². The second kappa shape index (κ2) is 6.89. The minimum atomic E-state index is -0.162. The highest BCUT2D eigenvalue weighted by Crippen LogP contribution is 2.31. The minimum Gasteiger partial charge on any atom is -0.368 e. The Balaban J connectivity index is 1.42. The third-order valence-electron chi connectivity index (χ3n) is 4.94. The molecule has 0 saturated carbocycles. The van der Waals surface area contributed by atoms with Crippen LogP contribution < -0.4 is 10.2 Å². The predicted octanol–water partition coefficient (Wildman–Crippen LogP) is 3.87. The van der Waals surface area contributed by atoms with Crippen LogP contribution in [0.25, 0.3) is 0 Å². The number of hydrogen-bond donors (Lipinski definition) is 1. The highest BCUT2D eigenvalue weighted by Gasteiger charge is 2.29. The summed E-state index contributed by atoms with van der Waals surface area (Å²) < 4.78 is 5.32. The summed E-state index contributed by atoms with van der Waals surface area (Å²) >= 11 is 12.2. The van der Waals surface area contributed by atoms with E-state index >= 15 is 0 Å². The molecule has 0 spiro atoms. The van der Waals surface area contributed by atoms with Crippen molar-refractivity contribution in [3.8, 4) is 0 Å². The average Bonchev–Trinajstić information content (AvgIpc) is 3.21. The van der Waals surface area contributed by atoms with Gasteiger partial charge in [0.1, 0.15) is 0 Å². The maximum atomic E-state index is 12.6. The van der Waals surface area contributed by atoms with Gasteiger partial charge in [0.05, 0.1) is 16.4 Å². The predicted molar refractivity (Wildman–Crippen MR) is 97.7 cm³/mol. The van der Waals surface area contributed by atoms with E-state index in [2.05, 4.69) is 15.4 Å². The zero-order chi connectivity index (χ0) is 17.4. The van der Waals surface area contributed by atoms with Gasteiger partial charge in [0.25, 0.3) is 5.91 Å². The van der Waals surface area contributed by atoms with Crippen molar-refractivity contribution < 1.29 is 9.32 Å². The van der Waals surface area contributed by atoms with Crippen LogP contribution >= 0.6 is 23.2 Å². The number of amides is 1. The molecule has 1 fully saturated rings. The number of hydrogen-bond acceptors (Lipinski definition) is 4. The Bertz CT molecular complexity index is 806. The van der Waals surface area contributed by atoms with Crippen molar-refractivity contribution in [2.45, 2.75) is 38.1 Å². The molecule has 1 saturated heterocycles. The van der Waals surface area contributed by atoms with Crippen LogP contribution in [-0.4, -0.2) is 30.2 Å². The lowest BCUT2D eigenvalue weighted by Crippen LogP contribution is -2.37. The summed E-state index contributed by atoms with van der Waals surface area (Å²) in [6.45, 7) is 1.55. The number of halogens is 2. The van der Waals surface area contributed by atoms with E-state index < -0.39 is 0 Å². The monoisotopic (exact) mass is 379 g/mol. The van der Waals surface area contributed by atoms with Crippen LogP contribution in [0.1, 0.15) is 41.1 Å². The smallest absolute Gasteiger partial charge is 0.290 e. The summed E-state index contributed by atoms with van der Waals surface area (Å²) in [5.74, 6) is 0.224. The van der Waals surface area contributed by atoms with Crippen molar-refractivity contribution in [2.75, 3.05) is 18.0 Å². The zero-order valence-electron chi connectivity index (χ0n) is 13.7. The van der Waals surface area contributed by atoms with E-state index in [1.165, 1.54) is 0 Å². The molecule has 25 heavy (non-hydrogen) atoms. The Morgan fingerprint density at radius 3 is 2.96 bits per heavy atom. The first-order chi connectivity index (χ1) is 12.1. The summed E-state index contributed by atoms with van der Waals surface area (Å²) in [7, 11) is 0. The molecule has 1 aromatic carbocycles. The molecule has 2 aliphatic rings. The van der Waals surface area contributed by atoms with Crippen LogP contribution in [-0.2, 0) is 12.8 Å².